The Bertz CT molecular complexity index is 1150. The number of benzene rings is 2. The van der Waals surface area contributed by atoms with E-state index in [1.807, 2.05) is 53.2 Å². The lowest BCUT2D eigenvalue weighted by Crippen LogP contribution is -2.33. The predicted octanol–water partition coefficient (Wildman–Crippen LogP) is 5.37. The molecule has 0 atom stereocenters. The Hall–Kier alpha value is -2.55. The third kappa shape index (κ3) is 5.39. The summed E-state index contributed by atoms with van der Waals surface area (Å²) in [7, 11) is 1.63. The van der Waals surface area contributed by atoms with Crippen molar-refractivity contribution >= 4 is 56.0 Å². The van der Waals surface area contributed by atoms with Gasteiger partial charge < -0.3 is 9.30 Å². The first kappa shape index (κ1) is 21.7. The summed E-state index contributed by atoms with van der Waals surface area (Å²) in [6.45, 7) is 1.35. The van der Waals surface area contributed by atoms with Gasteiger partial charge in [0.1, 0.15) is 11.3 Å². The minimum Gasteiger partial charge on any atom is -0.494 e. The van der Waals surface area contributed by atoms with Crippen molar-refractivity contribution in [1.82, 2.24) is 14.5 Å². The van der Waals surface area contributed by atoms with Crippen LogP contribution in [0.1, 0.15) is 6.42 Å². The normalized spacial score (nSPS) is 11.0. The van der Waals surface area contributed by atoms with Crippen LogP contribution >= 0.6 is 34.7 Å². The van der Waals surface area contributed by atoms with Gasteiger partial charge in [-0.15, -0.1) is 11.8 Å². The standard InChI is InChI=1S/C22H21ClN4O2S2/c1-29-18-4-2-5-19-21(18)25-22(31-19)27(12-3-11-26-13-10-24-15-26)20(28)14-30-17-8-6-16(23)7-9-17/h2,4-10,13,15H,3,11-12,14H2,1H3. The number of aromatic nitrogens is 3. The first-order valence-corrected chi connectivity index (χ1v) is 11.9. The maximum absolute atomic E-state index is 13.2. The van der Waals surface area contributed by atoms with E-state index in [0.29, 0.717) is 28.2 Å². The number of thiazole rings is 1. The highest BCUT2D eigenvalue weighted by molar-refractivity contribution is 8.00. The Balaban J connectivity index is 1.52. The van der Waals surface area contributed by atoms with E-state index in [9.17, 15) is 4.79 Å². The van der Waals surface area contributed by atoms with Gasteiger partial charge in [-0.05, 0) is 42.8 Å². The lowest BCUT2D eigenvalue weighted by Gasteiger charge is -2.20. The number of rotatable bonds is 9. The summed E-state index contributed by atoms with van der Waals surface area (Å²) in [4.78, 5) is 24.8. The summed E-state index contributed by atoms with van der Waals surface area (Å²) in [5.41, 5.74) is 0.780. The molecule has 0 saturated carbocycles. The maximum atomic E-state index is 13.2. The van der Waals surface area contributed by atoms with Crippen LogP contribution in [0.15, 0.2) is 66.1 Å². The number of fused-ring (bicyclic) bond motifs is 1. The number of hydrogen-bond acceptors (Lipinski definition) is 6. The molecule has 6 nitrogen and oxygen atoms in total. The van der Waals surface area contributed by atoms with Gasteiger partial charge in [-0.3, -0.25) is 9.69 Å². The fourth-order valence-corrected chi connectivity index (χ4v) is 5.03. The molecule has 0 radical (unpaired) electrons. The lowest BCUT2D eigenvalue weighted by molar-refractivity contribution is -0.116. The average Bonchev–Trinajstić information content (AvgIpc) is 3.45. The van der Waals surface area contributed by atoms with Crippen LogP contribution < -0.4 is 9.64 Å². The van der Waals surface area contributed by atoms with Crippen LogP contribution in [-0.4, -0.2) is 39.8 Å². The number of thioether (sulfide) groups is 1. The van der Waals surface area contributed by atoms with Crippen molar-refractivity contribution in [3.05, 3.63) is 66.2 Å². The molecular weight excluding hydrogens is 452 g/mol. The van der Waals surface area contributed by atoms with E-state index in [-0.39, 0.29) is 5.91 Å². The van der Waals surface area contributed by atoms with Crippen molar-refractivity contribution in [3.63, 3.8) is 0 Å². The molecule has 2 aromatic carbocycles. The summed E-state index contributed by atoms with van der Waals surface area (Å²) in [6, 6.07) is 13.3. The molecule has 0 aliphatic heterocycles. The number of nitrogens with zero attached hydrogens (tertiary/aromatic N) is 4. The number of imidazole rings is 1. The van der Waals surface area contributed by atoms with Crippen molar-refractivity contribution in [2.24, 2.45) is 0 Å². The monoisotopic (exact) mass is 472 g/mol. The Morgan fingerprint density at radius 2 is 2.10 bits per heavy atom. The number of hydrogen-bond donors (Lipinski definition) is 0. The number of methoxy groups -OCH3 is 1. The van der Waals surface area contributed by atoms with Gasteiger partial charge in [0, 0.05) is 35.4 Å². The fourth-order valence-electron chi connectivity index (χ4n) is 3.10. The molecule has 0 N–H and O–H groups in total. The second kappa shape index (κ2) is 10.2. The first-order valence-electron chi connectivity index (χ1n) is 9.72. The van der Waals surface area contributed by atoms with Crippen molar-refractivity contribution in [2.45, 2.75) is 17.9 Å². The minimum absolute atomic E-state index is 0.0172. The van der Waals surface area contributed by atoms with E-state index in [1.54, 1.807) is 24.5 Å². The van der Waals surface area contributed by atoms with E-state index in [4.69, 9.17) is 21.3 Å². The van der Waals surface area contributed by atoms with E-state index in [2.05, 4.69) is 4.98 Å². The number of halogens is 1. The van der Waals surface area contributed by atoms with Crippen LogP contribution in [0.5, 0.6) is 5.75 Å². The van der Waals surface area contributed by atoms with Gasteiger partial charge in [-0.25, -0.2) is 9.97 Å². The molecule has 0 bridgehead atoms. The molecule has 2 heterocycles. The molecule has 9 heteroatoms. The Kier molecular flexibility index (Phi) is 7.11. The summed E-state index contributed by atoms with van der Waals surface area (Å²) >= 11 is 8.96. The van der Waals surface area contributed by atoms with Crippen LogP contribution in [0, 0.1) is 0 Å². The molecule has 4 rings (SSSR count). The summed E-state index contributed by atoms with van der Waals surface area (Å²) < 4.78 is 8.44. The molecule has 31 heavy (non-hydrogen) atoms. The molecule has 2 aromatic heterocycles. The zero-order valence-corrected chi connectivity index (χ0v) is 19.3. The molecule has 0 aliphatic carbocycles. The summed E-state index contributed by atoms with van der Waals surface area (Å²) in [5, 5.41) is 1.37. The quantitative estimate of drug-likeness (QED) is 0.306. The highest BCUT2D eigenvalue weighted by Gasteiger charge is 2.21. The predicted molar refractivity (Wildman–Crippen MR) is 128 cm³/mol. The van der Waals surface area contributed by atoms with E-state index in [1.165, 1.54) is 23.1 Å². The smallest absolute Gasteiger partial charge is 0.239 e. The minimum atomic E-state index is 0.0172. The third-order valence-corrected chi connectivity index (χ3v) is 6.95. The number of anilines is 1. The topological polar surface area (TPSA) is 60.2 Å². The molecular formula is C22H21ClN4O2S2. The van der Waals surface area contributed by atoms with Gasteiger partial charge in [0.2, 0.25) is 5.91 Å². The van der Waals surface area contributed by atoms with Crippen molar-refractivity contribution in [1.29, 1.82) is 0 Å². The SMILES string of the molecule is COc1cccc2sc(N(CCCn3ccnc3)C(=O)CSc3ccc(Cl)cc3)nc12. The molecule has 0 fully saturated rings. The Morgan fingerprint density at radius 3 is 2.84 bits per heavy atom. The van der Waals surface area contributed by atoms with Crippen molar-refractivity contribution in [3.8, 4) is 5.75 Å². The van der Waals surface area contributed by atoms with E-state index < -0.39 is 0 Å². The zero-order chi connectivity index (χ0) is 21.6. The highest BCUT2D eigenvalue weighted by atomic mass is 35.5. The number of amides is 1. The van der Waals surface area contributed by atoms with E-state index >= 15 is 0 Å². The third-order valence-electron chi connectivity index (χ3n) is 4.66. The Morgan fingerprint density at radius 1 is 1.26 bits per heavy atom. The van der Waals surface area contributed by atoms with Gasteiger partial charge in [0.15, 0.2) is 5.13 Å². The van der Waals surface area contributed by atoms with Crippen molar-refractivity contribution < 1.29 is 9.53 Å². The van der Waals surface area contributed by atoms with Gasteiger partial charge in [-0.2, -0.15) is 0 Å². The molecule has 0 unspecified atom stereocenters. The number of ether oxygens (including phenoxy) is 1. The fraction of sp³-hybridized carbons (Fsp3) is 0.227. The number of carbonyl (C=O) groups is 1. The number of para-hydroxylation sites is 1. The summed E-state index contributed by atoms with van der Waals surface area (Å²) in [5.74, 6) is 1.05. The molecule has 4 aromatic rings. The lowest BCUT2D eigenvalue weighted by atomic mass is 10.3. The molecule has 0 aliphatic rings. The van der Waals surface area contributed by atoms with Crippen LogP contribution in [0.3, 0.4) is 0 Å². The van der Waals surface area contributed by atoms with Gasteiger partial charge in [0.25, 0.3) is 0 Å². The maximum Gasteiger partial charge on any atom is 0.239 e. The van der Waals surface area contributed by atoms with Gasteiger partial charge >= 0.3 is 0 Å². The van der Waals surface area contributed by atoms with Crippen LogP contribution in [0.2, 0.25) is 5.02 Å². The van der Waals surface area contributed by atoms with Gasteiger partial charge in [-0.1, -0.05) is 29.0 Å². The van der Waals surface area contributed by atoms with Crippen molar-refractivity contribution in [2.75, 3.05) is 24.3 Å². The van der Waals surface area contributed by atoms with Crippen LogP contribution in [0.4, 0.5) is 5.13 Å². The summed E-state index contributed by atoms with van der Waals surface area (Å²) in [6.07, 6.45) is 6.25. The van der Waals surface area contributed by atoms with Gasteiger partial charge in [0.05, 0.1) is 23.9 Å². The second-order valence-corrected chi connectivity index (χ2v) is 9.24. The van der Waals surface area contributed by atoms with Crippen LogP contribution in [-0.2, 0) is 11.3 Å². The van der Waals surface area contributed by atoms with E-state index in [0.717, 1.165) is 28.1 Å². The molecule has 0 spiro atoms. The molecule has 160 valence electrons. The first-order chi connectivity index (χ1) is 15.1. The van der Waals surface area contributed by atoms with Crippen LogP contribution in [0.25, 0.3) is 10.2 Å². The second-order valence-electron chi connectivity index (χ2n) is 6.75. The largest absolute Gasteiger partial charge is 0.494 e. The average molecular weight is 473 g/mol. The highest BCUT2D eigenvalue weighted by Crippen LogP contribution is 2.34. The Labute approximate surface area is 193 Å². The molecule has 1 amide bonds. The number of carbonyl (C=O) groups excluding carboxylic acids is 1. The number of aryl methyl sites for hydroxylation is 1. The zero-order valence-electron chi connectivity index (χ0n) is 16.9. The molecule has 0 saturated heterocycles.